The first kappa shape index (κ1) is 15.8. The number of hydrogen-bond acceptors (Lipinski definition) is 2. The molecule has 0 aliphatic carbocycles. The first-order chi connectivity index (χ1) is 9.82. The summed E-state index contributed by atoms with van der Waals surface area (Å²) in [5.41, 5.74) is 1.03. The molecule has 0 atom stereocenters. The Kier molecular flexibility index (Phi) is 4.56. The zero-order valence-corrected chi connectivity index (χ0v) is 13.7. The normalized spacial score (nSPS) is 17.4. The number of nitrogens with one attached hydrogen (secondary N) is 1. The van der Waals surface area contributed by atoms with E-state index >= 15 is 0 Å². The Morgan fingerprint density at radius 3 is 2.48 bits per heavy atom. The number of amides is 2. The maximum absolute atomic E-state index is 12.2. The highest BCUT2D eigenvalue weighted by Crippen LogP contribution is 2.31. The largest absolute Gasteiger partial charge is 0.481 e. The summed E-state index contributed by atoms with van der Waals surface area (Å²) >= 11 is 3.39. The summed E-state index contributed by atoms with van der Waals surface area (Å²) in [6.07, 6.45) is 0.962. The molecule has 1 aromatic carbocycles. The minimum atomic E-state index is -0.786. The van der Waals surface area contributed by atoms with Crippen molar-refractivity contribution in [3.05, 3.63) is 28.2 Å². The first-order valence-corrected chi connectivity index (χ1v) is 7.67. The van der Waals surface area contributed by atoms with Crippen LogP contribution in [0.1, 0.15) is 25.3 Å². The molecule has 0 spiro atoms. The lowest BCUT2D eigenvalue weighted by Crippen LogP contribution is -2.46. The Labute approximate surface area is 132 Å². The topological polar surface area (TPSA) is 69.6 Å². The summed E-state index contributed by atoms with van der Waals surface area (Å²) in [6, 6.07) is 5.49. The number of aryl methyl sites for hydroxylation is 1. The predicted molar refractivity (Wildman–Crippen MR) is 84.4 cm³/mol. The minimum absolute atomic E-state index is 0.173. The lowest BCUT2D eigenvalue weighted by atomic mass is 9.80. The van der Waals surface area contributed by atoms with Crippen LogP contribution in [-0.2, 0) is 4.79 Å². The van der Waals surface area contributed by atoms with Gasteiger partial charge in [-0.1, -0.05) is 15.9 Å². The van der Waals surface area contributed by atoms with Crippen LogP contribution in [0.5, 0.6) is 0 Å². The molecule has 1 aliphatic rings. The van der Waals surface area contributed by atoms with Gasteiger partial charge in [0.1, 0.15) is 0 Å². The van der Waals surface area contributed by atoms with Crippen molar-refractivity contribution in [3.8, 4) is 0 Å². The number of urea groups is 1. The summed E-state index contributed by atoms with van der Waals surface area (Å²) < 4.78 is 0.966. The second kappa shape index (κ2) is 6.05. The highest BCUT2D eigenvalue weighted by molar-refractivity contribution is 9.10. The van der Waals surface area contributed by atoms with E-state index in [0.29, 0.717) is 25.9 Å². The van der Waals surface area contributed by atoms with Crippen molar-refractivity contribution in [1.82, 2.24) is 4.90 Å². The van der Waals surface area contributed by atoms with E-state index in [1.807, 2.05) is 25.1 Å². The van der Waals surface area contributed by atoms with Gasteiger partial charge < -0.3 is 15.3 Å². The fourth-order valence-corrected chi connectivity index (χ4v) is 2.85. The van der Waals surface area contributed by atoms with Crippen LogP contribution in [0.2, 0.25) is 0 Å². The predicted octanol–water partition coefficient (Wildman–Crippen LogP) is 3.48. The van der Waals surface area contributed by atoms with Gasteiger partial charge in [0, 0.05) is 23.2 Å². The zero-order chi connectivity index (χ0) is 15.6. The van der Waals surface area contributed by atoms with Crippen molar-refractivity contribution in [3.63, 3.8) is 0 Å². The number of likely N-dealkylation sites (tertiary alicyclic amines) is 1. The molecule has 2 amide bonds. The molecular weight excluding hydrogens is 336 g/mol. The number of nitrogens with zero attached hydrogens (tertiary/aromatic N) is 1. The second-order valence-corrected chi connectivity index (χ2v) is 6.66. The number of aliphatic carboxylic acids is 1. The average Bonchev–Trinajstić information content (AvgIpc) is 2.42. The molecule has 0 aromatic heterocycles. The van der Waals surface area contributed by atoms with E-state index in [1.54, 1.807) is 11.8 Å². The van der Waals surface area contributed by atoms with Crippen LogP contribution < -0.4 is 5.32 Å². The van der Waals surface area contributed by atoms with Gasteiger partial charge >= 0.3 is 12.0 Å². The molecule has 0 radical (unpaired) electrons. The van der Waals surface area contributed by atoms with Crippen LogP contribution in [0.15, 0.2) is 22.7 Å². The number of piperidine rings is 1. The van der Waals surface area contributed by atoms with Gasteiger partial charge in [0.2, 0.25) is 0 Å². The number of carboxylic acids is 1. The van der Waals surface area contributed by atoms with E-state index in [4.69, 9.17) is 0 Å². The van der Waals surface area contributed by atoms with Crippen molar-refractivity contribution in [2.24, 2.45) is 5.41 Å². The smallest absolute Gasteiger partial charge is 0.321 e. The second-order valence-electron chi connectivity index (χ2n) is 5.74. The van der Waals surface area contributed by atoms with E-state index in [1.165, 1.54) is 0 Å². The van der Waals surface area contributed by atoms with Crippen molar-refractivity contribution in [1.29, 1.82) is 0 Å². The van der Waals surface area contributed by atoms with Crippen LogP contribution >= 0.6 is 15.9 Å². The maximum atomic E-state index is 12.2. The Bertz CT molecular complexity index is 566. The third-order valence-electron chi connectivity index (χ3n) is 4.10. The first-order valence-electron chi connectivity index (χ1n) is 6.87. The van der Waals surface area contributed by atoms with Gasteiger partial charge in [0.15, 0.2) is 0 Å². The van der Waals surface area contributed by atoms with Crippen molar-refractivity contribution in [2.45, 2.75) is 26.7 Å². The van der Waals surface area contributed by atoms with Gasteiger partial charge in [-0.3, -0.25) is 4.79 Å². The van der Waals surface area contributed by atoms with Gasteiger partial charge in [-0.05, 0) is 50.5 Å². The van der Waals surface area contributed by atoms with E-state index in [2.05, 4.69) is 21.2 Å². The summed E-state index contributed by atoms with van der Waals surface area (Å²) in [6.45, 7) is 4.59. The Morgan fingerprint density at radius 2 is 1.95 bits per heavy atom. The number of halogens is 1. The average molecular weight is 355 g/mol. The molecule has 1 saturated heterocycles. The fourth-order valence-electron chi connectivity index (χ4n) is 2.38. The number of carbonyl (C=O) groups is 2. The molecule has 1 heterocycles. The maximum Gasteiger partial charge on any atom is 0.321 e. The molecule has 2 N–H and O–H groups in total. The fraction of sp³-hybridized carbons (Fsp3) is 0.467. The van der Waals surface area contributed by atoms with Gasteiger partial charge in [-0.25, -0.2) is 4.79 Å². The van der Waals surface area contributed by atoms with Crippen LogP contribution in [0.4, 0.5) is 10.5 Å². The molecule has 1 aromatic rings. The molecule has 114 valence electrons. The SMILES string of the molecule is Cc1cc(Br)ccc1NC(=O)N1CCC(C)(C(=O)O)CC1. The quantitative estimate of drug-likeness (QED) is 0.853. The molecule has 0 unspecified atom stereocenters. The number of benzene rings is 1. The third-order valence-corrected chi connectivity index (χ3v) is 4.59. The van der Waals surface area contributed by atoms with Gasteiger partial charge in [-0.2, -0.15) is 0 Å². The molecule has 5 nitrogen and oxygen atoms in total. The molecule has 0 bridgehead atoms. The molecule has 6 heteroatoms. The van der Waals surface area contributed by atoms with E-state index in [-0.39, 0.29) is 6.03 Å². The van der Waals surface area contributed by atoms with E-state index < -0.39 is 11.4 Å². The lowest BCUT2D eigenvalue weighted by Gasteiger charge is -2.36. The molecule has 1 fully saturated rings. The lowest BCUT2D eigenvalue weighted by molar-refractivity contribution is -0.150. The van der Waals surface area contributed by atoms with Crippen molar-refractivity contribution >= 4 is 33.6 Å². The Morgan fingerprint density at radius 1 is 1.33 bits per heavy atom. The van der Waals surface area contributed by atoms with Crippen LogP contribution in [-0.4, -0.2) is 35.1 Å². The molecule has 21 heavy (non-hydrogen) atoms. The summed E-state index contributed by atoms with van der Waals surface area (Å²) in [4.78, 5) is 25.1. The third kappa shape index (κ3) is 3.56. The highest BCUT2D eigenvalue weighted by atomic mass is 79.9. The molecule has 2 rings (SSSR count). The van der Waals surface area contributed by atoms with Gasteiger partial charge in [0.05, 0.1) is 5.41 Å². The van der Waals surface area contributed by atoms with Crippen molar-refractivity contribution < 1.29 is 14.7 Å². The van der Waals surface area contributed by atoms with Gasteiger partial charge in [-0.15, -0.1) is 0 Å². The Hall–Kier alpha value is -1.56. The number of carboxylic acid groups (broad SMARTS) is 1. The standard InChI is InChI=1S/C15H19BrN2O3/c1-10-9-11(16)3-4-12(10)17-14(21)18-7-5-15(2,6-8-18)13(19)20/h3-4,9H,5-8H2,1-2H3,(H,17,21)(H,19,20). The summed E-state index contributed by atoms with van der Waals surface area (Å²) in [5.74, 6) is -0.786. The minimum Gasteiger partial charge on any atom is -0.481 e. The number of carbonyl (C=O) groups excluding carboxylic acids is 1. The van der Waals surface area contributed by atoms with Crippen LogP contribution in [0, 0.1) is 12.3 Å². The number of rotatable bonds is 2. The molecular formula is C15H19BrN2O3. The molecule has 1 aliphatic heterocycles. The molecule has 0 saturated carbocycles. The monoisotopic (exact) mass is 354 g/mol. The number of hydrogen-bond donors (Lipinski definition) is 2. The van der Waals surface area contributed by atoms with E-state index in [0.717, 1.165) is 15.7 Å². The van der Waals surface area contributed by atoms with Crippen LogP contribution in [0.25, 0.3) is 0 Å². The summed E-state index contributed by atoms with van der Waals surface area (Å²) in [5, 5.41) is 12.1. The Balaban J connectivity index is 1.98. The highest BCUT2D eigenvalue weighted by Gasteiger charge is 2.38. The zero-order valence-electron chi connectivity index (χ0n) is 12.1. The van der Waals surface area contributed by atoms with Crippen LogP contribution in [0.3, 0.4) is 0 Å². The van der Waals surface area contributed by atoms with Crippen molar-refractivity contribution in [2.75, 3.05) is 18.4 Å². The van der Waals surface area contributed by atoms with E-state index in [9.17, 15) is 14.7 Å². The van der Waals surface area contributed by atoms with Gasteiger partial charge in [0.25, 0.3) is 0 Å². The number of anilines is 1. The summed E-state index contributed by atoms with van der Waals surface area (Å²) in [7, 11) is 0.